The number of amides is 1. The van der Waals surface area contributed by atoms with Gasteiger partial charge in [-0.1, -0.05) is 20.3 Å². The Kier molecular flexibility index (Phi) is 9.89. The zero-order chi connectivity index (χ0) is 18.8. The van der Waals surface area contributed by atoms with Gasteiger partial charge in [0.1, 0.15) is 6.61 Å². The van der Waals surface area contributed by atoms with Gasteiger partial charge in [-0.15, -0.1) is 0 Å². The van der Waals surface area contributed by atoms with Crippen molar-refractivity contribution in [3.8, 4) is 0 Å². The van der Waals surface area contributed by atoms with Crippen LogP contribution in [0.2, 0.25) is 0 Å². The number of hydrogen-bond acceptors (Lipinski definition) is 5. The van der Waals surface area contributed by atoms with E-state index in [1.807, 2.05) is 18.7 Å². The fraction of sp³-hybridized carbons (Fsp3) is 0.950. The summed E-state index contributed by atoms with van der Waals surface area (Å²) >= 11 is 0. The molecule has 3 aliphatic heterocycles. The van der Waals surface area contributed by atoms with Crippen molar-refractivity contribution < 1.29 is 9.53 Å². The zero-order valence-electron chi connectivity index (χ0n) is 17.2. The third-order valence-electron chi connectivity index (χ3n) is 5.83. The summed E-state index contributed by atoms with van der Waals surface area (Å²) < 4.78 is 5.67. The van der Waals surface area contributed by atoms with E-state index in [2.05, 4.69) is 22.2 Å². The molecular weight excluding hydrogens is 328 g/mol. The molecular formula is C20H40N4O2. The number of likely N-dealkylation sites (tertiary alicyclic amines) is 1. The Morgan fingerprint density at radius 1 is 1.00 bits per heavy atom. The van der Waals surface area contributed by atoms with E-state index in [0.29, 0.717) is 18.7 Å². The molecule has 6 nitrogen and oxygen atoms in total. The average molecular weight is 369 g/mol. The van der Waals surface area contributed by atoms with Crippen LogP contribution in [0, 0.1) is 0 Å². The predicted molar refractivity (Wildman–Crippen MR) is 106 cm³/mol. The number of nitrogens with one attached hydrogen (secondary N) is 1. The lowest BCUT2D eigenvalue weighted by atomic mass is 10.0. The maximum atomic E-state index is 12.3. The van der Waals surface area contributed by atoms with Gasteiger partial charge in [-0.2, -0.15) is 0 Å². The standard InChI is InChI=1S/C18H34N4O2.C2H6/c1-20-8-5-17(6-9-20)21-10-12-22(13-11-21)18(23)15-24-14-16-4-2-3-7-19-16;1-2/h16-17,19H,2-15H2,1H3;1-2H3. The molecule has 3 aliphatic rings. The van der Waals surface area contributed by atoms with E-state index >= 15 is 0 Å². The molecule has 1 atom stereocenters. The number of rotatable bonds is 5. The Labute approximate surface area is 160 Å². The van der Waals surface area contributed by atoms with E-state index in [1.54, 1.807) is 0 Å². The van der Waals surface area contributed by atoms with Gasteiger partial charge in [0, 0.05) is 38.3 Å². The minimum Gasteiger partial charge on any atom is -0.370 e. The number of carbonyl (C=O) groups is 1. The maximum Gasteiger partial charge on any atom is 0.248 e. The Morgan fingerprint density at radius 2 is 1.69 bits per heavy atom. The molecule has 3 fully saturated rings. The molecule has 0 spiro atoms. The second-order valence-electron chi connectivity index (χ2n) is 7.61. The van der Waals surface area contributed by atoms with Crippen LogP contribution in [0.3, 0.4) is 0 Å². The van der Waals surface area contributed by atoms with E-state index in [0.717, 1.165) is 32.7 Å². The van der Waals surface area contributed by atoms with E-state index < -0.39 is 0 Å². The third kappa shape index (κ3) is 6.80. The summed E-state index contributed by atoms with van der Waals surface area (Å²) in [6, 6.07) is 1.15. The first kappa shape index (κ1) is 21.6. The number of hydrogen-bond donors (Lipinski definition) is 1. The summed E-state index contributed by atoms with van der Waals surface area (Å²) in [6.07, 6.45) is 6.23. The molecule has 1 amide bonds. The molecule has 0 aliphatic carbocycles. The largest absolute Gasteiger partial charge is 0.370 e. The summed E-state index contributed by atoms with van der Waals surface area (Å²) in [4.78, 5) is 19.3. The molecule has 1 unspecified atom stereocenters. The molecule has 26 heavy (non-hydrogen) atoms. The van der Waals surface area contributed by atoms with Crippen LogP contribution in [0.15, 0.2) is 0 Å². The van der Waals surface area contributed by atoms with Crippen LogP contribution in [0.1, 0.15) is 46.0 Å². The highest BCUT2D eigenvalue weighted by atomic mass is 16.5. The molecule has 152 valence electrons. The van der Waals surface area contributed by atoms with Crippen molar-refractivity contribution in [2.24, 2.45) is 0 Å². The highest BCUT2D eigenvalue weighted by Gasteiger charge is 2.28. The van der Waals surface area contributed by atoms with Crippen LogP contribution >= 0.6 is 0 Å². The van der Waals surface area contributed by atoms with E-state index in [-0.39, 0.29) is 12.5 Å². The Hall–Kier alpha value is -0.690. The molecule has 3 saturated heterocycles. The summed E-state index contributed by atoms with van der Waals surface area (Å²) in [6.45, 7) is 12.1. The molecule has 3 heterocycles. The summed E-state index contributed by atoms with van der Waals surface area (Å²) in [5.41, 5.74) is 0. The minimum atomic E-state index is 0.161. The van der Waals surface area contributed by atoms with Gasteiger partial charge in [0.2, 0.25) is 5.91 Å². The molecule has 6 heteroatoms. The number of piperidine rings is 2. The van der Waals surface area contributed by atoms with Crippen molar-refractivity contribution in [1.82, 2.24) is 20.0 Å². The SMILES string of the molecule is CC.CN1CCC(N2CCN(C(=O)COCC3CCCCN3)CC2)CC1. The van der Waals surface area contributed by atoms with Crippen molar-refractivity contribution in [3.05, 3.63) is 0 Å². The number of piperazine rings is 1. The third-order valence-corrected chi connectivity index (χ3v) is 5.83. The zero-order valence-corrected chi connectivity index (χ0v) is 17.2. The van der Waals surface area contributed by atoms with Crippen LogP contribution in [-0.4, -0.2) is 98.8 Å². The molecule has 1 N–H and O–H groups in total. The van der Waals surface area contributed by atoms with Crippen molar-refractivity contribution in [2.45, 2.75) is 58.0 Å². The number of nitrogens with zero attached hydrogens (tertiary/aromatic N) is 3. The fourth-order valence-corrected chi connectivity index (χ4v) is 4.14. The maximum absolute atomic E-state index is 12.3. The molecule has 0 aromatic rings. The van der Waals surface area contributed by atoms with E-state index in [1.165, 1.54) is 45.2 Å². The quantitative estimate of drug-likeness (QED) is 0.795. The van der Waals surface area contributed by atoms with E-state index in [9.17, 15) is 4.79 Å². The minimum absolute atomic E-state index is 0.161. The lowest BCUT2D eigenvalue weighted by molar-refractivity contribution is -0.138. The lowest BCUT2D eigenvalue weighted by Gasteiger charge is -2.42. The van der Waals surface area contributed by atoms with Crippen molar-refractivity contribution in [1.29, 1.82) is 0 Å². The van der Waals surface area contributed by atoms with Crippen molar-refractivity contribution >= 4 is 5.91 Å². The summed E-state index contributed by atoms with van der Waals surface area (Å²) in [7, 11) is 2.20. The van der Waals surface area contributed by atoms with Crippen molar-refractivity contribution in [3.63, 3.8) is 0 Å². The Morgan fingerprint density at radius 3 is 2.31 bits per heavy atom. The lowest BCUT2D eigenvalue weighted by Crippen LogP contribution is -2.54. The smallest absolute Gasteiger partial charge is 0.248 e. The van der Waals surface area contributed by atoms with Gasteiger partial charge in [0.05, 0.1) is 6.61 Å². The van der Waals surface area contributed by atoms with Crippen LogP contribution < -0.4 is 5.32 Å². The molecule has 0 radical (unpaired) electrons. The second kappa shape index (κ2) is 11.9. The van der Waals surface area contributed by atoms with Gasteiger partial charge < -0.3 is 19.9 Å². The first-order valence-electron chi connectivity index (χ1n) is 10.7. The van der Waals surface area contributed by atoms with Crippen LogP contribution in [0.25, 0.3) is 0 Å². The summed E-state index contributed by atoms with van der Waals surface area (Å²) in [5.74, 6) is 0.161. The van der Waals surface area contributed by atoms with Crippen molar-refractivity contribution in [2.75, 3.05) is 66.1 Å². The monoisotopic (exact) mass is 368 g/mol. The van der Waals surface area contributed by atoms with Gasteiger partial charge in [0.25, 0.3) is 0 Å². The molecule has 3 rings (SSSR count). The molecule has 0 aromatic carbocycles. The van der Waals surface area contributed by atoms with Gasteiger partial charge in [-0.05, 0) is 52.4 Å². The first-order chi connectivity index (χ1) is 12.7. The summed E-state index contributed by atoms with van der Waals surface area (Å²) in [5, 5.41) is 3.46. The topological polar surface area (TPSA) is 48.0 Å². The van der Waals surface area contributed by atoms with Gasteiger partial charge in [-0.25, -0.2) is 0 Å². The van der Waals surface area contributed by atoms with Crippen LogP contribution in [-0.2, 0) is 9.53 Å². The normalized spacial score (nSPS) is 26.3. The van der Waals surface area contributed by atoms with Crippen LogP contribution in [0.5, 0.6) is 0 Å². The van der Waals surface area contributed by atoms with Gasteiger partial charge >= 0.3 is 0 Å². The average Bonchev–Trinajstić information content (AvgIpc) is 2.71. The fourth-order valence-electron chi connectivity index (χ4n) is 4.14. The molecule has 0 aromatic heterocycles. The molecule has 0 saturated carbocycles. The highest BCUT2D eigenvalue weighted by molar-refractivity contribution is 5.77. The van der Waals surface area contributed by atoms with E-state index in [4.69, 9.17) is 4.74 Å². The Balaban J connectivity index is 0.00000117. The van der Waals surface area contributed by atoms with Gasteiger partial charge in [-0.3, -0.25) is 9.69 Å². The molecule has 0 bridgehead atoms. The Bertz CT molecular complexity index is 385. The van der Waals surface area contributed by atoms with Crippen LogP contribution in [0.4, 0.5) is 0 Å². The highest BCUT2D eigenvalue weighted by Crippen LogP contribution is 2.17. The predicted octanol–water partition coefficient (Wildman–Crippen LogP) is 1.41. The number of ether oxygens (including phenoxy) is 1. The second-order valence-corrected chi connectivity index (χ2v) is 7.61. The number of carbonyl (C=O) groups excluding carboxylic acids is 1. The first-order valence-corrected chi connectivity index (χ1v) is 10.7. The van der Waals surface area contributed by atoms with Gasteiger partial charge in [0.15, 0.2) is 0 Å².